The molecular formula is C104H103Br3ClN9O17. The zero-order chi connectivity index (χ0) is 93.7. The molecule has 0 fully saturated rings. The van der Waals surface area contributed by atoms with E-state index < -0.39 is 0 Å². The van der Waals surface area contributed by atoms with E-state index in [0.29, 0.717) is 152 Å². The lowest BCUT2D eigenvalue weighted by molar-refractivity contribution is -0.176. The van der Waals surface area contributed by atoms with E-state index in [-0.39, 0.29) is 61.9 Å². The molecule has 0 spiro atoms. The number of nitrogens with one attached hydrogen (secondary N) is 2. The number of fused-ring (bicyclic) bond motifs is 10. The summed E-state index contributed by atoms with van der Waals surface area (Å²) in [5, 5.41) is 23.0. The van der Waals surface area contributed by atoms with Crippen molar-refractivity contribution in [2.24, 2.45) is 5.90 Å². The highest BCUT2D eigenvalue weighted by molar-refractivity contribution is 9.09. The Bertz CT molecular complexity index is 5900. The normalized spacial score (nSPS) is 12.1. The SMILES string of the molecule is BrCCCCCCBr.CO.Cl.NOCc1ccccc1.O=C1Nc2ccccc2Oc2ccccc21.O=C1c2ccccc2Oc2ccccc2N1CBr.O=C1c2ccccc2Oc2ccccc2N1CNOCc1ccccc1.O=CN(CN1C(=O)c2ccccc2Oc2ccccc21)OCc1ccccc1.O=CN(O)CCCCCCN1C(=O)c2ccccc2Oc2ccccc21. The number of hydrogen-bond donors (Lipinski definition) is 5. The van der Waals surface area contributed by atoms with E-state index in [1.54, 1.807) is 87.5 Å². The molecule has 0 bridgehead atoms. The Morgan fingerprint density at radius 3 is 1.13 bits per heavy atom. The molecule has 5 heterocycles. The third kappa shape index (κ3) is 29.5. The molecule has 18 rings (SSSR count). The summed E-state index contributed by atoms with van der Waals surface area (Å²) >= 11 is 10.1. The maximum Gasteiger partial charge on any atom is 0.263 e. The fraction of sp³-hybridized carbons (Fsp3) is 0.183. The molecule has 694 valence electrons. The Balaban J connectivity index is 0.000000166. The van der Waals surface area contributed by atoms with Gasteiger partial charge in [-0.1, -0.05) is 286 Å². The van der Waals surface area contributed by atoms with Gasteiger partial charge in [0.15, 0.2) is 28.7 Å². The maximum atomic E-state index is 13.2. The molecule has 0 unspecified atom stereocenters. The number of ether oxygens (including phenoxy) is 5. The van der Waals surface area contributed by atoms with Crippen LogP contribution in [0, 0.1) is 0 Å². The number of halogens is 4. The molecule has 5 aliphatic rings. The molecule has 0 radical (unpaired) electrons. The Hall–Kier alpha value is -13.4. The van der Waals surface area contributed by atoms with E-state index in [1.807, 2.05) is 261 Å². The average Bonchev–Trinajstić information content (AvgIpc) is 1.66. The van der Waals surface area contributed by atoms with Crippen LogP contribution in [-0.2, 0) is 43.9 Å². The average molecular weight is 2030 g/mol. The van der Waals surface area contributed by atoms with Crippen LogP contribution in [0.3, 0.4) is 0 Å². The van der Waals surface area contributed by atoms with Crippen LogP contribution in [0.25, 0.3) is 0 Å². The molecule has 0 atom stereocenters. The molecule has 13 aromatic rings. The minimum Gasteiger partial charge on any atom is -0.454 e. The Morgan fingerprint density at radius 2 is 0.694 bits per heavy atom. The van der Waals surface area contributed by atoms with E-state index in [4.69, 9.17) is 49.6 Å². The Kier molecular flexibility index (Phi) is 42.8. The predicted molar refractivity (Wildman–Crippen MR) is 532 cm³/mol. The third-order valence-electron chi connectivity index (χ3n) is 20.4. The van der Waals surface area contributed by atoms with Gasteiger partial charge in [-0.05, 0) is 164 Å². The van der Waals surface area contributed by atoms with E-state index in [0.717, 1.165) is 76.6 Å². The number of benzene rings is 13. The number of hydrogen-bond acceptors (Lipinski definition) is 19. The van der Waals surface area contributed by atoms with Crippen LogP contribution in [0.5, 0.6) is 57.5 Å². The number of alkyl halides is 3. The number of unbranched alkanes of at least 4 members (excludes halogenated alkanes) is 6. The molecule has 0 saturated heterocycles. The summed E-state index contributed by atoms with van der Waals surface area (Å²) in [6.45, 7) is 2.18. The fourth-order valence-electron chi connectivity index (χ4n) is 13.8. The van der Waals surface area contributed by atoms with E-state index >= 15 is 0 Å². The molecule has 7 amide bonds. The minimum atomic E-state index is -0.268. The number of rotatable bonds is 27. The fourth-order valence-corrected chi connectivity index (χ4v) is 15.1. The molecule has 26 nitrogen and oxygen atoms in total. The van der Waals surface area contributed by atoms with Crippen LogP contribution in [-0.4, -0.2) is 112 Å². The summed E-state index contributed by atoms with van der Waals surface area (Å²) in [7, 11) is 1.00. The zero-order valence-electron chi connectivity index (χ0n) is 73.5. The first-order chi connectivity index (χ1) is 65.3. The number of para-hydroxylation sites is 15. The molecule has 134 heavy (non-hydrogen) atoms. The maximum absolute atomic E-state index is 13.2. The smallest absolute Gasteiger partial charge is 0.263 e. The van der Waals surface area contributed by atoms with Crippen molar-refractivity contribution in [3.05, 3.63) is 378 Å². The quantitative estimate of drug-likeness (QED) is 0.00798. The third-order valence-corrected chi connectivity index (χ3v) is 22.0. The van der Waals surface area contributed by atoms with Crippen LogP contribution >= 0.6 is 60.2 Å². The standard InChI is InChI=1S/C22H18N2O4.C21H18N2O3.C20H22N2O4.C14H10BrNO2.C13H9NO2.C7H9NO.C6H12Br2.CH4O.ClH/c25-16-23(27-14-17-8-2-1-3-9-17)15-24-19-11-5-7-13-21(19)28-20-12-6-4-10-18(20)22(24)26;24-21-17-10-4-6-12-19(17)26-20-13-7-5-11-18(20)23(21)15-22-25-14-16-8-2-1-3-9-16;23-15-21(25)13-7-1-2-8-14-22-17-10-4-6-12-19(17)26-18-11-5-3-9-16(18)20(22)24;15-9-16-11-6-2-4-8-13(11)18-12-7-3-1-5-10(12)14(16)17;15-13-9-5-1-3-7-11(9)16-12-8-4-2-6-10(12)14-13;8-9-6-7-4-2-1-3-5-7;7-5-3-1-2-4-6-8;1-2;/h1-13,16H,14-15H2;1-13,22H,14-15H2;3-6,9-12,15,25H,1-2,7-8,13-14H2;1-8H,9H2;1-8H,(H,14,15);1-5H,6,8H2;1-6H2;2H,1H3;1H. The first-order valence-corrected chi connectivity index (χ1v) is 46.2. The topological polar surface area (TPSA) is 303 Å². The van der Waals surface area contributed by atoms with Crippen molar-refractivity contribution in [1.29, 1.82) is 0 Å². The summed E-state index contributed by atoms with van der Waals surface area (Å²) < 4.78 is 29.4. The van der Waals surface area contributed by atoms with Gasteiger partial charge < -0.3 is 39.0 Å². The number of aliphatic hydroxyl groups excluding tert-OH is 1. The molecule has 30 heteroatoms. The second-order valence-electron chi connectivity index (χ2n) is 29.4. The van der Waals surface area contributed by atoms with E-state index in [1.165, 1.54) is 30.6 Å². The second-order valence-corrected chi connectivity index (χ2v) is 31.4. The highest BCUT2D eigenvalue weighted by atomic mass is 79.9. The molecule has 6 N–H and O–H groups in total. The minimum absolute atomic E-state index is 0. The van der Waals surface area contributed by atoms with Crippen molar-refractivity contribution in [2.45, 2.75) is 71.2 Å². The van der Waals surface area contributed by atoms with Crippen molar-refractivity contribution in [2.75, 3.05) is 74.6 Å². The van der Waals surface area contributed by atoms with Gasteiger partial charge in [-0.2, -0.15) is 5.48 Å². The number of amides is 7. The van der Waals surface area contributed by atoms with Crippen LogP contribution < -0.4 is 60.0 Å². The first kappa shape index (κ1) is 103. The molecular weight excluding hydrogens is 1920 g/mol. The largest absolute Gasteiger partial charge is 0.454 e. The van der Waals surface area contributed by atoms with Gasteiger partial charge in [0.1, 0.15) is 42.0 Å². The zero-order valence-corrected chi connectivity index (χ0v) is 79.0. The van der Waals surface area contributed by atoms with Crippen molar-refractivity contribution >= 4 is 131 Å². The van der Waals surface area contributed by atoms with Crippen molar-refractivity contribution < 1.29 is 82.1 Å². The van der Waals surface area contributed by atoms with Gasteiger partial charge >= 0.3 is 0 Å². The monoisotopic (exact) mass is 2020 g/mol. The van der Waals surface area contributed by atoms with Gasteiger partial charge in [0.05, 0.1) is 81.6 Å². The summed E-state index contributed by atoms with van der Waals surface area (Å²) in [6, 6.07) is 102. The molecule has 0 saturated carbocycles. The second kappa shape index (κ2) is 55.8. The van der Waals surface area contributed by atoms with Gasteiger partial charge in [-0.3, -0.25) is 68.0 Å². The summed E-state index contributed by atoms with van der Waals surface area (Å²) in [4.78, 5) is 108. The van der Waals surface area contributed by atoms with Crippen LogP contribution in [0.15, 0.2) is 334 Å². The number of hydroxylamine groups is 5. The van der Waals surface area contributed by atoms with Gasteiger partial charge in [0.2, 0.25) is 12.8 Å². The number of carbonyl (C=O) groups excluding carboxylic acids is 7. The van der Waals surface area contributed by atoms with Gasteiger partial charge in [-0.25, -0.2) is 16.0 Å². The van der Waals surface area contributed by atoms with Crippen LogP contribution in [0.1, 0.15) is 120 Å². The number of carbonyl (C=O) groups is 7. The van der Waals surface area contributed by atoms with E-state index in [2.05, 4.69) is 63.4 Å². The first-order valence-electron chi connectivity index (χ1n) is 42.8. The van der Waals surface area contributed by atoms with E-state index in [9.17, 15) is 33.6 Å². The molecule has 5 aliphatic heterocycles. The van der Waals surface area contributed by atoms with Crippen LogP contribution in [0.4, 0.5) is 28.4 Å². The number of anilines is 5. The number of nitrogens with two attached hydrogens (primary N) is 1. The van der Waals surface area contributed by atoms with Crippen molar-refractivity contribution in [3.63, 3.8) is 0 Å². The van der Waals surface area contributed by atoms with Gasteiger partial charge in [0.25, 0.3) is 29.5 Å². The predicted octanol–water partition coefficient (Wildman–Crippen LogP) is 23.2. The highest BCUT2D eigenvalue weighted by Crippen LogP contribution is 2.44. The van der Waals surface area contributed by atoms with Crippen molar-refractivity contribution in [3.8, 4) is 57.5 Å². The lowest BCUT2D eigenvalue weighted by Gasteiger charge is -2.27. The summed E-state index contributed by atoms with van der Waals surface area (Å²) in [5.41, 5.74) is 12.5. The number of nitrogens with zero attached hydrogens (tertiary/aromatic N) is 6. The Labute approximate surface area is 810 Å². The summed E-state index contributed by atoms with van der Waals surface area (Å²) in [6.07, 6.45) is 9.71. The summed E-state index contributed by atoms with van der Waals surface area (Å²) in [5.74, 6) is 10.2. The van der Waals surface area contributed by atoms with Crippen molar-refractivity contribution in [1.82, 2.24) is 15.6 Å². The molecule has 13 aromatic carbocycles. The molecule has 0 aromatic heterocycles. The van der Waals surface area contributed by atoms with Gasteiger partial charge in [-0.15, -0.1) is 12.4 Å². The number of aliphatic hydroxyl groups is 1. The van der Waals surface area contributed by atoms with Gasteiger partial charge in [0, 0.05) is 30.9 Å². The lowest BCUT2D eigenvalue weighted by Crippen LogP contribution is -2.41. The lowest BCUT2D eigenvalue weighted by atomic mass is 10.1. The molecule has 0 aliphatic carbocycles. The Morgan fingerprint density at radius 1 is 0.366 bits per heavy atom. The van der Waals surface area contributed by atoms with Crippen LogP contribution in [0.2, 0.25) is 0 Å². The highest BCUT2D eigenvalue weighted by Gasteiger charge is 2.33.